The van der Waals surface area contributed by atoms with Crippen molar-refractivity contribution < 1.29 is 14.2 Å². The molecule has 4 rings (SSSR count). The lowest BCUT2D eigenvalue weighted by atomic mass is 10.2. The Labute approximate surface area is 176 Å². The molecule has 0 radical (unpaired) electrons. The van der Waals surface area contributed by atoms with Crippen LogP contribution >= 0.6 is 11.6 Å². The van der Waals surface area contributed by atoms with E-state index in [2.05, 4.69) is 10.1 Å². The third-order valence-electron chi connectivity index (χ3n) is 4.87. The van der Waals surface area contributed by atoms with Crippen LogP contribution in [0.25, 0.3) is 17.5 Å². The molecule has 1 unspecified atom stereocenters. The van der Waals surface area contributed by atoms with Crippen molar-refractivity contribution in [1.82, 2.24) is 15.0 Å². The standard InChI is InChI=1S/C21H17ClN4O4/c22-16-4-1-3-15(13-16)20-23-21(30-24-20)18-5-2-12-25(18)19(27)11-8-14-6-9-17(10-7-14)26(28)29/h1,3-4,6-11,13,18H,2,5,12H2. The van der Waals surface area contributed by atoms with Gasteiger partial charge in [-0.25, -0.2) is 0 Å². The molecule has 8 nitrogen and oxygen atoms in total. The molecule has 2 heterocycles. The van der Waals surface area contributed by atoms with Gasteiger partial charge in [0.2, 0.25) is 17.6 Å². The van der Waals surface area contributed by atoms with Gasteiger partial charge in [0.25, 0.3) is 5.69 Å². The second-order valence-electron chi connectivity index (χ2n) is 6.84. The van der Waals surface area contributed by atoms with Crippen molar-refractivity contribution in [2.24, 2.45) is 0 Å². The summed E-state index contributed by atoms with van der Waals surface area (Å²) in [5.41, 5.74) is 1.45. The van der Waals surface area contributed by atoms with Crippen LogP contribution in [-0.2, 0) is 4.79 Å². The molecule has 30 heavy (non-hydrogen) atoms. The highest BCUT2D eigenvalue weighted by atomic mass is 35.5. The Morgan fingerprint density at radius 3 is 2.80 bits per heavy atom. The van der Waals surface area contributed by atoms with Crippen molar-refractivity contribution in [2.75, 3.05) is 6.54 Å². The Morgan fingerprint density at radius 2 is 2.07 bits per heavy atom. The van der Waals surface area contributed by atoms with Gasteiger partial charge in [-0.15, -0.1) is 0 Å². The van der Waals surface area contributed by atoms with E-state index in [-0.39, 0.29) is 17.6 Å². The number of nitrogens with zero attached hydrogens (tertiary/aromatic N) is 4. The minimum Gasteiger partial charge on any atom is -0.337 e. The third-order valence-corrected chi connectivity index (χ3v) is 5.10. The fourth-order valence-electron chi connectivity index (χ4n) is 3.37. The van der Waals surface area contributed by atoms with Gasteiger partial charge in [0, 0.05) is 35.3 Å². The van der Waals surface area contributed by atoms with E-state index in [0.29, 0.717) is 28.8 Å². The number of halogens is 1. The summed E-state index contributed by atoms with van der Waals surface area (Å²) in [5, 5.41) is 15.3. The van der Waals surface area contributed by atoms with Gasteiger partial charge in [0.15, 0.2) is 0 Å². The van der Waals surface area contributed by atoms with E-state index in [9.17, 15) is 14.9 Å². The van der Waals surface area contributed by atoms with E-state index >= 15 is 0 Å². The number of benzene rings is 2. The number of nitro groups is 1. The molecule has 1 aliphatic heterocycles. The van der Waals surface area contributed by atoms with Crippen molar-refractivity contribution in [1.29, 1.82) is 0 Å². The molecule has 0 saturated carbocycles. The van der Waals surface area contributed by atoms with E-state index in [4.69, 9.17) is 16.1 Å². The summed E-state index contributed by atoms with van der Waals surface area (Å²) >= 11 is 6.02. The van der Waals surface area contributed by atoms with Crippen molar-refractivity contribution in [3.8, 4) is 11.4 Å². The van der Waals surface area contributed by atoms with Crippen LogP contribution in [0.4, 0.5) is 5.69 Å². The molecule has 152 valence electrons. The molecule has 1 saturated heterocycles. The number of likely N-dealkylation sites (tertiary alicyclic amines) is 1. The number of aromatic nitrogens is 2. The molecule has 1 atom stereocenters. The second kappa shape index (κ2) is 8.46. The number of hydrogen-bond acceptors (Lipinski definition) is 6. The van der Waals surface area contributed by atoms with Crippen LogP contribution in [0.5, 0.6) is 0 Å². The van der Waals surface area contributed by atoms with E-state index < -0.39 is 4.92 Å². The predicted molar refractivity (Wildman–Crippen MR) is 111 cm³/mol. The topological polar surface area (TPSA) is 102 Å². The molecule has 1 amide bonds. The molecular weight excluding hydrogens is 408 g/mol. The minimum absolute atomic E-state index is 0.00462. The number of hydrogen-bond donors (Lipinski definition) is 0. The summed E-state index contributed by atoms with van der Waals surface area (Å²) in [5.74, 6) is 0.631. The monoisotopic (exact) mass is 424 g/mol. The van der Waals surface area contributed by atoms with Crippen LogP contribution in [0.1, 0.15) is 30.3 Å². The van der Waals surface area contributed by atoms with Crippen LogP contribution in [0, 0.1) is 10.1 Å². The first-order valence-electron chi connectivity index (χ1n) is 9.34. The van der Waals surface area contributed by atoms with E-state index in [1.165, 1.54) is 18.2 Å². The summed E-state index contributed by atoms with van der Waals surface area (Å²) in [6, 6.07) is 12.9. The second-order valence-corrected chi connectivity index (χ2v) is 7.27. The average Bonchev–Trinajstić information content (AvgIpc) is 3.41. The van der Waals surface area contributed by atoms with Gasteiger partial charge in [0.05, 0.1) is 4.92 Å². The zero-order chi connectivity index (χ0) is 21.1. The van der Waals surface area contributed by atoms with Crippen LogP contribution in [0.2, 0.25) is 5.02 Å². The lowest BCUT2D eigenvalue weighted by Crippen LogP contribution is -2.29. The van der Waals surface area contributed by atoms with Crippen LogP contribution in [0.3, 0.4) is 0 Å². The number of nitro benzene ring substituents is 1. The molecule has 1 aromatic heterocycles. The van der Waals surface area contributed by atoms with E-state index in [1.54, 1.807) is 35.2 Å². The smallest absolute Gasteiger partial charge is 0.269 e. The minimum atomic E-state index is -0.463. The highest BCUT2D eigenvalue weighted by Crippen LogP contribution is 2.32. The molecule has 0 aliphatic carbocycles. The number of carbonyl (C=O) groups excluding carboxylic acids is 1. The summed E-state index contributed by atoms with van der Waals surface area (Å²) in [4.78, 5) is 29.1. The van der Waals surface area contributed by atoms with Gasteiger partial charge in [0.1, 0.15) is 6.04 Å². The maximum Gasteiger partial charge on any atom is 0.269 e. The lowest BCUT2D eigenvalue weighted by molar-refractivity contribution is -0.384. The summed E-state index contributed by atoms with van der Waals surface area (Å²) in [6.45, 7) is 0.586. The Morgan fingerprint density at radius 1 is 1.27 bits per heavy atom. The molecular formula is C21H17ClN4O4. The van der Waals surface area contributed by atoms with Crippen LogP contribution < -0.4 is 0 Å². The molecule has 0 N–H and O–H groups in total. The highest BCUT2D eigenvalue weighted by molar-refractivity contribution is 6.30. The molecule has 9 heteroatoms. The van der Waals surface area contributed by atoms with E-state index in [1.807, 2.05) is 12.1 Å². The van der Waals surface area contributed by atoms with Crippen molar-refractivity contribution in [3.05, 3.63) is 81.2 Å². The van der Waals surface area contributed by atoms with Gasteiger partial charge in [-0.2, -0.15) is 4.98 Å². The average molecular weight is 425 g/mol. The van der Waals surface area contributed by atoms with Crippen molar-refractivity contribution in [3.63, 3.8) is 0 Å². The molecule has 3 aromatic rings. The quantitative estimate of drug-likeness (QED) is 0.335. The zero-order valence-corrected chi connectivity index (χ0v) is 16.5. The largest absolute Gasteiger partial charge is 0.337 e. The Kier molecular flexibility index (Phi) is 5.58. The van der Waals surface area contributed by atoms with Crippen LogP contribution in [-0.4, -0.2) is 32.4 Å². The SMILES string of the molecule is O=C(C=Cc1ccc([N+](=O)[O-])cc1)N1CCCC1c1nc(-c2cccc(Cl)c2)no1. The fraction of sp³-hybridized carbons (Fsp3) is 0.190. The fourth-order valence-corrected chi connectivity index (χ4v) is 3.56. The van der Waals surface area contributed by atoms with Gasteiger partial charge in [-0.3, -0.25) is 14.9 Å². The van der Waals surface area contributed by atoms with Crippen molar-refractivity contribution >= 4 is 29.3 Å². The molecule has 2 aromatic carbocycles. The first kappa shape index (κ1) is 19.8. The van der Waals surface area contributed by atoms with Crippen molar-refractivity contribution in [2.45, 2.75) is 18.9 Å². The van der Waals surface area contributed by atoms with Gasteiger partial charge in [-0.1, -0.05) is 28.9 Å². The normalized spacial score (nSPS) is 16.3. The molecule has 1 aliphatic rings. The molecule has 0 spiro atoms. The predicted octanol–water partition coefficient (Wildman–Crippen LogP) is 4.68. The maximum atomic E-state index is 12.7. The Balaban J connectivity index is 1.48. The van der Waals surface area contributed by atoms with Gasteiger partial charge in [-0.05, 0) is 48.7 Å². The third kappa shape index (κ3) is 4.23. The maximum absolute atomic E-state index is 12.7. The van der Waals surface area contributed by atoms with Gasteiger partial charge < -0.3 is 9.42 Å². The Bertz CT molecular complexity index is 1110. The number of rotatable bonds is 5. The van der Waals surface area contributed by atoms with Gasteiger partial charge >= 0.3 is 0 Å². The molecule has 0 bridgehead atoms. The highest BCUT2D eigenvalue weighted by Gasteiger charge is 2.33. The number of carbonyl (C=O) groups is 1. The first-order chi connectivity index (χ1) is 14.5. The number of amides is 1. The van der Waals surface area contributed by atoms with E-state index in [0.717, 1.165) is 18.4 Å². The van der Waals surface area contributed by atoms with Crippen LogP contribution in [0.15, 0.2) is 59.1 Å². The zero-order valence-electron chi connectivity index (χ0n) is 15.8. The first-order valence-corrected chi connectivity index (χ1v) is 9.72. The summed E-state index contributed by atoms with van der Waals surface area (Å²) in [7, 11) is 0. The number of non-ortho nitro benzene ring substituents is 1. The Hall–Kier alpha value is -3.52. The summed E-state index contributed by atoms with van der Waals surface area (Å²) < 4.78 is 5.44. The molecule has 1 fully saturated rings. The lowest BCUT2D eigenvalue weighted by Gasteiger charge is -2.20. The summed E-state index contributed by atoms with van der Waals surface area (Å²) in [6.07, 6.45) is 4.64.